The van der Waals surface area contributed by atoms with Crippen LogP contribution in [0.25, 0.3) is 0 Å². The summed E-state index contributed by atoms with van der Waals surface area (Å²) in [5, 5.41) is 0.246. The Hall–Kier alpha value is -1.93. The minimum Gasteiger partial charge on any atom is -0.379 e. The second kappa shape index (κ2) is 8.07. The molecule has 0 aliphatic carbocycles. The third-order valence-corrected chi connectivity index (χ3v) is 7.60. The minimum atomic E-state index is -3.71. The second-order valence-electron chi connectivity index (χ2n) is 7.35. The van der Waals surface area contributed by atoms with E-state index in [4.69, 9.17) is 16.3 Å². The molecule has 0 bridgehead atoms. The van der Waals surface area contributed by atoms with Gasteiger partial charge in [0, 0.05) is 25.3 Å². The van der Waals surface area contributed by atoms with E-state index in [0.717, 1.165) is 29.7 Å². The van der Waals surface area contributed by atoms with Crippen molar-refractivity contribution >= 4 is 33.2 Å². The molecule has 4 rings (SSSR count). The number of carbonyl (C=O) groups is 1. The van der Waals surface area contributed by atoms with Crippen LogP contribution in [0.3, 0.4) is 0 Å². The lowest BCUT2D eigenvalue weighted by Crippen LogP contribution is -2.40. The molecule has 1 fully saturated rings. The first-order valence-electron chi connectivity index (χ1n) is 9.67. The summed E-state index contributed by atoms with van der Waals surface area (Å²) in [7, 11) is -3.71. The van der Waals surface area contributed by atoms with Gasteiger partial charge in [-0.1, -0.05) is 29.3 Å². The van der Waals surface area contributed by atoms with Crippen molar-refractivity contribution in [2.75, 3.05) is 37.7 Å². The third-order valence-electron chi connectivity index (χ3n) is 5.37. The maximum Gasteiger partial charge on any atom is 0.259 e. The average molecular weight is 435 g/mol. The van der Waals surface area contributed by atoms with Gasteiger partial charge in [0.05, 0.1) is 28.7 Å². The normalized spacial score (nSPS) is 17.8. The number of fused-ring (bicyclic) bond motifs is 1. The Morgan fingerprint density at radius 2 is 1.83 bits per heavy atom. The average Bonchev–Trinajstić information content (AvgIpc) is 2.73. The molecule has 2 aliphatic rings. The van der Waals surface area contributed by atoms with E-state index in [1.54, 1.807) is 4.90 Å². The fraction of sp³-hybridized carbons (Fsp3) is 0.381. The number of amides is 1. The van der Waals surface area contributed by atoms with Crippen LogP contribution in [0.5, 0.6) is 0 Å². The number of benzene rings is 2. The van der Waals surface area contributed by atoms with Crippen molar-refractivity contribution in [1.82, 2.24) is 4.31 Å². The van der Waals surface area contributed by atoms with Gasteiger partial charge in [0.1, 0.15) is 0 Å². The van der Waals surface area contributed by atoms with Gasteiger partial charge < -0.3 is 9.64 Å². The van der Waals surface area contributed by atoms with Crippen LogP contribution < -0.4 is 4.90 Å². The largest absolute Gasteiger partial charge is 0.379 e. The van der Waals surface area contributed by atoms with E-state index in [0.29, 0.717) is 32.8 Å². The molecular formula is C21H23ClN2O4S. The summed E-state index contributed by atoms with van der Waals surface area (Å²) in [4.78, 5) is 15.1. The van der Waals surface area contributed by atoms with Crippen LogP contribution in [0.2, 0.25) is 5.02 Å². The lowest BCUT2D eigenvalue weighted by Gasteiger charge is -2.30. The number of carbonyl (C=O) groups excluding carboxylic acids is 1. The van der Waals surface area contributed by atoms with Crippen molar-refractivity contribution in [3.63, 3.8) is 0 Å². The molecule has 0 atom stereocenters. The molecule has 2 aliphatic heterocycles. The minimum absolute atomic E-state index is 0.0771. The zero-order chi connectivity index (χ0) is 20.6. The maximum absolute atomic E-state index is 13.3. The molecule has 0 unspecified atom stereocenters. The van der Waals surface area contributed by atoms with E-state index in [2.05, 4.69) is 6.07 Å². The number of halogens is 1. The summed E-state index contributed by atoms with van der Waals surface area (Å²) in [5.74, 6) is -0.279. The van der Waals surface area contributed by atoms with Crippen molar-refractivity contribution in [1.29, 1.82) is 0 Å². The molecule has 8 heteroatoms. The lowest BCUT2D eigenvalue weighted by atomic mass is 9.99. The smallest absolute Gasteiger partial charge is 0.259 e. The fourth-order valence-electron chi connectivity index (χ4n) is 3.85. The lowest BCUT2D eigenvalue weighted by molar-refractivity contribution is 0.0730. The first kappa shape index (κ1) is 20.3. The first-order chi connectivity index (χ1) is 13.9. The van der Waals surface area contributed by atoms with Crippen molar-refractivity contribution in [3.05, 3.63) is 58.1 Å². The predicted octanol–water partition coefficient (Wildman–Crippen LogP) is 3.26. The maximum atomic E-state index is 13.3. The number of ether oxygens (including phenoxy) is 1. The van der Waals surface area contributed by atoms with Gasteiger partial charge in [-0.15, -0.1) is 0 Å². The van der Waals surface area contributed by atoms with Gasteiger partial charge in [-0.3, -0.25) is 4.79 Å². The van der Waals surface area contributed by atoms with Crippen LogP contribution in [-0.2, 0) is 21.2 Å². The first-order valence-corrected chi connectivity index (χ1v) is 11.5. The van der Waals surface area contributed by atoms with E-state index in [1.165, 1.54) is 22.5 Å². The van der Waals surface area contributed by atoms with E-state index >= 15 is 0 Å². The van der Waals surface area contributed by atoms with Crippen molar-refractivity contribution in [3.8, 4) is 0 Å². The van der Waals surface area contributed by atoms with Crippen molar-refractivity contribution in [2.45, 2.75) is 24.7 Å². The zero-order valence-corrected chi connectivity index (χ0v) is 17.8. The van der Waals surface area contributed by atoms with Crippen LogP contribution in [0.1, 0.15) is 27.9 Å². The highest BCUT2D eigenvalue weighted by molar-refractivity contribution is 7.89. The number of morpholine rings is 1. The van der Waals surface area contributed by atoms with Crippen molar-refractivity contribution < 1.29 is 17.9 Å². The molecule has 0 radical (unpaired) electrons. The number of aryl methyl sites for hydroxylation is 2. The number of nitrogens with zero attached hydrogens (tertiary/aromatic N) is 2. The van der Waals surface area contributed by atoms with Gasteiger partial charge in [0.15, 0.2) is 0 Å². The SMILES string of the molecule is Cc1ccc2c(c1)CCCN2C(=O)c1cc(S(=O)(=O)N2CCOCC2)ccc1Cl. The number of rotatable bonds is 3. The molecule has 2 aromatic carbocycles. The molecule has 1 amide bonds. The number of hydrogen-bond acceptors (Lipinski definition) is 4. The van der Waals surface area contributed by atoms with Gasteiger partial charge in [-0.25, -0.2) is 8.42 Å². The van der Waals surface area contributed by atoms with Crippen LogP contribution in [0.4, 0.5) is 5.69 Å². The Labute approximate surface area is 176 Å². The second-order valence-corrected chi connectivity index (χ2v) is 9.70. The molecular weight excluding hydrogens is 412 g/mol. The third kappa shape index (κ3) is 3.92. The molecule has 154 valence electrons. The van der Waals surface area contributed by atoms with E-state index in [9.17, 15) is 13.2 Å². The van der Waals surface area contributed by atoms with E-state index < -0.39 is 10.0 Å². The molecule has 0 spiro atoms. The molecule has 0 saturated carbocycles. The molecule has 1 saturated heterocycles. The standard InChI is InChI=1S/C21H23ClN2O4S/c1-15-4-7-20-16(13-15)3-2-8-24(20)21(25)18-14-17(5-6-19(18)22)29(26,27)23-9-11-28-12-10-23/h4-7,13-14H,2-3,8-12H2,1H3. The Balaban J connectivity index is 1.69. The highest BCUT2D eigenvalue weighted by Crippen LogP contribution is 2.31. The molecule has 6 nitrogen and oxygen atoms in total. The van der Waals surface area contributed by atoms with E-state index in [-0.39, 0.29) is 21.4 Å². The van der Waals surface area contributed by atoms with Gasteiger partial charge in [0.25, 0.3) is 5.91 Å². The van der Waals surface area contributed by atoms with Crippen LogP contribution in [0, 0.1) is 6.92 Å². The topological polar surface area (TPSA) is 66.9 Å². The van der Waals surface area contributed by atoms with Gasteiger partial charge >= 0.3 is 0 Å². The van der Waals surface area contributed by atoms with Gasteiger partial charge in [-0.2, -0.15) is 4.31 Å². The summed E-state index contributed by atoms with van der Waals surface area (Å²) in [6, 6.07) is 10.4. The molecule has 0 aromatic heterocycles. The van der Waals surface area contributed by atoms with Gasteiger partial charge in [0.2, 0.25) is 10.0 Å². The Morgan fingerprint density at radius 3 is 2.59 bits per heavy atom. The number of anilines is 1. The van der Waals surface area contributed by atoms with Crippen LogP contribution in [-0.4, -0.2) is 51.5 Å². The highest BCUT2D eigenvalue weighted by atomic mass is 35.5. The zero-order valence-electron chi connectivity index (χ0n) is 16.2. The molecule has 29 heavy (non-hydrogen) atoms. The summed E-state index contributed by atoms with van der Waals surface area (Å²) in [5.41, 5.74) is 3.34. The summed E-state index contributed by atoms with van der Waals surface area (Å²) in [6.07, 6.45) is 1.77. The van der Waals surface area contributed by atoms with Gasteiger partial charge in [-0.05, 0) is 49.6 Å². The Kier molecular flexibility index (Phi) is 5.66. The van der Waals surface area contributed by atoms with Crippen LogP contribution in [0.15, 0.2) is 41.3 Å². The summed E-state index contributed by atoms with van der Waals surface area (Å²) < 4.78 is 32.6. The molecule has 0 N–H and O–H groups in total. The van der Waals surface area contributed by atoms with E-state index in [1.807, 2.05) is 19.1 Å². The fourth-order valence-corrected chi connectivity index (χ4v) is 5.48. The van der Waals surface area contributed by atoms with Crippen molar-refractivity contribution in [2.24, 2.45) is 0 Å². The predicted molar refractivity (Wildman–Crippen MR) is 112 cm³/mol. The number of hydrogen-bond donors (Lipinski definition) is 0. The quantitative estimate of drug-likeness (QED) is 0.743. The monoisotopic (exact) mass is 434 g/mol. The summed E-state index contributed by atoms with van der Waals surface area (Å²) >= 11 is 6.32. The van der Waals surface area contributed by atoms with Crippen LogP contribution >= 0.6 is 11.6 Å². The number of sulfonamides is 1. The Morgan fingerprint density at radius 1 is 1.07 bits per heavy atom. The highest BCUT2D eigenvalue weighted by Gasteiger charge is 2.30. The molecule has 2 aromatic rings. The summed E-state index contributed by atoms with van der Waals surface area (Å²) in [6.45, 7) is 3.93. The molecule has 2 heterocycles. The Bertz CT molecular complexity index is 1050.